The Morgan fingerprint density at radius 2 is 1.91 bits per heavy atom. The number of benzene rings is 2. The van der Waals surface area contributed by atoms with Crippen molar-refractivity contribution in [3.05, 3.63) is 94.0 Å². The first-order chi connectivity index (χ1) is 17.0. The van der Waals surface area contributed by atoms with Crippen LogP contribution in [0.25, 0.3) is 21.1 Å². The third-order valence-corrected chi connectivity index (χ3v) is 7.16. The van der Waals surface area contributed by atoms with Gasteiger partial charge in [-0.15, -0.1) is 11.3 Å². The zero-order valence-corrected chi connectivity index (χ0v) is 20.5. The summed E-state index contributed by atoms with van der Waals surface area (Å²) in [6.45, 7) is 0.747. The van der Waals surface area contributed by atoms with Gasteiger partial charge in [0.05, 0.1) is 11.7 Å². The number of para-hydroxylation sites is 1. The molecule has 1 unspecified atom stereocenters. The van der Waals surface area contributed by atoms with E-state index in [2.05, 4.69) is 56.6 Å². The normalized spacial score (nSPS) is 12.2. The van der Waals surface area contributed by atoms with E-state index < -0.39 is 0 Å². The molecule has 0 bridgehead atoms. The molecular weight excluding hydrogens is 458 g/mol. The second kappa shape index (κ2) is 9.76. The average molecular weight is 486 g/mol. The molecule has 0 spiro atoms. The average Bonchev–Trinajstić information content (AvgIpc) is 3.52. The van der Waals surface area contributed by atoms with Crippen LogP contribution in [0.1, 0.15) is 23.5 Å². The summed E-state index contributed by atoms with van der Waals surface area (Å²) in [6, 6.07) is 18.4. The van der Waals surface area contributed by atoms with Crippen molar-refractivity contribution in [2.75, 3.05) is 25.5 Å². The lowest BCUT2D eigenvalue weighted by atomic mass is 9.90. The molecule has 2 N–H and O–H groups in total. The molecule has 0 aliphatic carbocycles. The van der Waals surface area contributed by atoms with Crippen molar-refractivity contribution in [3.8, 4) is 0 Å². The van der Waals surface area contributed by atoms with Crippen molar-refractivity contribution in [2.45, 2.75) is 18.9 Å². The zero-order valence-electron chi connectivity index (χ0n) is 19.7. The minimum atomic E-state index is -0.110. The van der Waals surface area contributed by atoms with Crippen molar-refractivity contribution in [2.24, 2.45) is 0 Å². The fraction of sp³-hybridized carbons (Fsp3) is 0.222. The van der Waals surface area contributed by atoms with Crippen LogP contribution in [0, 0.1) is 0 Å². The molecule has 0 radical (unpaired) electrons. The van der Waals surface area contributed by atoms with Gasteiger partial charge in [0, 0.05) is 62.3 Å². The van der Waals surface area contributed by atoms with Crippen LogP contribution in [0.4, 0.5) is 5.69 Å². The highest BCUT2D eigenvalue weighted by molar-refractivity contribution is 7.16. The summed E-state index contributed by atoms with van der Waals surface area (Å²) in [5.41, 5.74) is 4.35. The Balaban J connectivity index is 1.33. The van der Waals surface area contributed by atoms with Crippen LogP contribution in [-0.4, -0.2) is 41.1 Å². The number of aryl methyl sites for hydroxylation is 1. The minimum absolute atomic E-state index is 0.0159. The van der Waals surface area contributed by atoms with Crippen LogP contribution >= 0.6 is 11.3 Å². The van der Waals surface area contributed by atoms with Gasteiger partial charge in [0.2, 0.25) is 5.91 Å². The molecule has 3 heterocycles. The highest BCUT2D eigenvalue weighted by atomic mass is 32.1. The molecule has 0 aliphatic heterocycles. The van der Waals surface area contributed by atoms with Crippen molar-refractivity contribution < 1.29 is 4.79 Å². The molecule has 178 valence electrons. The minimum Gasteiger partial charge on any atom is -0.378 e. The Hall–Kier alpha value is -3.91. The maximum Gasteiger partial charge on any atom is 0.262 e. The van der Waals surface area contributed by atoms with Gasteiger partial charge >= 0.3 is 0 Å². The molecule has 0 aliphatic rings. The molecule has 3 aromatic heterocycles. The standard InChI is InChI=1S/C27H27N5O2S/c1-31(2)19-9-7-18(8-10-19)22(23-16-28-24-6-4-3-5-20(23)24)15-29-25(33)11-13-32-17-30-26-21(27(32)34)12-14-35-26/h3-10,12,14,16-17,22,28H,11,13,15H2,1-2H3,(H,29,33). The Bertz CT molecular complexity index is 1530. The molecule has 35 heavy (non-hydrogen) atoms. The quantitative estimate of drug-likeness (QED) is 0.342. The fourth-order valence-electron chi connectivity index (χ4n) is 4.37. The fourth-order valence-corrected chi connectivity index (χ4v) is 5.10. The smallest absolute Gasteiger partial charge is 0.262 e. The molecule has 7 nitrogen and oxygen atoms in total. The van der Waals surface area contributed by atoms with Crippen LogP contribution in [0.15, 0.2) is 77.3 Å². The summed E-state index contributed by atoms with van der Waals surface area (Å²) >= 11 is 1.44. The first kappa shape index (κ1) is 22.9. The van der Waals surface area contributed by atoms with Gasteiger partial charge in [0.25, 0.3) is 5.56 Å². The van der Waals surface area contributed by atoms with Crippen molar-refractivity contribution in [1.29, 1.82) is 0 Å². The summed E-state index contributed by atoms with van der Waals surface area (Å²) in [5.74, 6) is -0.116. The SMILES string of the molecule is CN(C)c1ccc(C(CNC(=O)CCn2cnc3sccc3c2=O)c2c[nH]c3ccccc23)cc1. The van der Waals surface area contributed by atoms with E-state index in [-0.39, 0.29) is 23.8 Å². The van der Waals surface area contributed by atoms with Crippen LogP contribution in [0.5, 0.6) is 0 Å². The maximum absolute atomic E-state index is 12.8. The number of aromatic amines is 1. The van der Waals surface area contributed by atoms with Gasteiger partial charge in [-0.25, -0.2) is 4.98 Å². The molecular formula is C27H27N5O2S. The number of thiophene rings is 1. The van der Waals surface area contributed by atoms with E-state index in [4.69, 9.17) is 0 Å². The van der Waals surface area contributed by atoms with E-state index in [9.17, 15) is 9.59 Å². The Kier molecular flexibility index (Phi) is 6.37. The van der Waals surface area contributed by atoms with E-state index in [0.717, 1.165) is 32.5 Å². The number of nitrogens with zero attached hydrogens (tertiary/aromatic N) is 3. The van der Waals surface area contributed by atoms with Crippen molar-refractivity contribution >= 4 is 44.1 Å². The molecule has 1 atom stereocenters. The number of aromatic nitrogens is 3. The third kappa shape index (κ3) is 4.70. The van der Waals surface area contributed by atoms with Gasteiger partial charge in [-0.05, 0) is 40.8 Å². The summed E-state index contributed by atoms with van der Waals surface area (Å²) < 4.78 is 1.51. The van der Waals surface area contributed by atoms with Crippen molar-refractivity contribution in [1.82, 2.24) is 19.9 Å². The van der Waals surface area contributed by atoms with Crippen molar-refractivity contribution in [3.63, 3.8) is 0 Å². The highest BCUT2D eigenvalue weighted by Crippen LogP contribution is 2.31. The van der Waals surface area contributed by atoms with Gasteiger partial charge in [-0.2, -0.15) is 0 Å². The lowest BCUT2D eigenvalue weighted by molar-refractivity contribution is -0.121. The Morgan fingerprint density at radius 1 is 1.11 bits per heavy atom. The topological polar surface area (TPSA) is 83.0 Å². The number of H-pyrrole nitrogens is 1. The second-order valence-corrected chi connectivity index (χ2v) is 9.66. The number of amides is 1. The van der Waals surface area contributed by atoms with Crippen LogP contribution in [0.2, 0.25) is 0 Å². The largest absolute Gasteiger partial charge is 0.378 e. The molecule has 0 fully saturated rings. The van der Waals surface area contributed by atoms with Gasteiger partial charge in [0.15, 0.2) is 0 Å². The summed E-state index contributed by atoms with van der Waals surface area (Å²) in [5, 5.41) is 6.69. The van der Waals surface area contributed by atoms with E-state index in [1.807, 2.05) is 37.8 Å². The van der Waals surface area contributed by atoms with E-state index in [0.29, 0.717) is 18.5 Å². The van der Waals surface area contributed by atoms with Gasteiger partial charge in [0.1, 0.15) is 4.83 Å². The number of carbonyl (C=O) groups is 1. The lowest BCUT2D eigenvalue weighted by Crippen LogP contribution is -2.31. The van der Waals surface area contributed by atoms with Gasteiger partial charge < -0.3 is 15.2 Å². The molecule has 8 heteroatoms. The number of carbonyl (C=O) groups excluding carboxylic acids is 1. The molecule has 0 saturated heterocycles. The predicted octanol–water partition coefficient (Wildman–Crippen LogP) is 4.34. The van der Waals surface area contributed by atoms with Gasteiger partial charge in [-0.1, -0.05) is 30.3 Å². The summed E-state index contributed by atoms with van der Waals surface area (Å²) in [6.07, 6.45) is 3.76. The van der Waals surface area contributed by atoms with Crippen LogP contribution in [-0.2, 0) is 11.3 Å². The molecule has 2 aromatic carbocycles. The van der Waals surface area contributed by atoms with E-state index >= 15 is 0 Å². The monoisotopic (exact) mass is 485 g/mol. The molecule has 1 amide bonds. The first-order valence-electron chi connectivity index (χ1n) is 11.5. The van der Waals surface area contributed by atoms with Crippen LogP contribution < -0.4 is 15.8 Å². The Morgan fingerprint density at radius 3 is 2.71 bits per heavy atom. The lowest BCUT2D eigenvalue weighted by Gasteiger charge is -2.20. The summed E-state index contributed by atoms with van der Waals surface area (Å²) in [7, 11) is 4.03. The zero-order chi connectivity index (χ0) is 24.4. The number of rotatable bonds is 8. The number of nitrogens with one attached hydrogen (secondary N) is 2. The summed E-state index contributed by atoms with van der Waals surface area (Å²) in [4.78, 5) is 35.9. The number of hydrogen-bond donors (Lipinski definition) is 2. The molecule has 0 saturated carbocycles. The maximum atomic E-state index is 12.8. The first-order valence-corrected chi connectivity index (χ1v) is 12.4. The van der Waals surface area contributed by atoms with Gasteiger partial charge in [-0.3, -0.25) is 14.2 Å². The number of fused-ring (bicyclic) bond motifs is 2. The highest BCUT2D eigenvalue weighted by Gasteiger charge is 2.19. The third-order valence-electron chi connectivity index (χ3n) is 6.34. The number of anilines is 1. The molecule has 5 rings (SSSR count). The second-order valence-electron chi connectivity index (χ2n) is 8.76. The van der Waals surface area contributed by atoms with E-state index in [1.54, 1.807) is 6.07 Å². The van der Waals surface area contributed by atoms with Crippen LogP contribution in [0.3, 0.4) is 0 Å². The van der Waals surface area contributed by atoms with E-state index in [1.165, 1.54) is 22.2 Å². The molecule has 5 aromatic rings. The predicted molar refractivity (Wildman–Crippen MR) is 142 cm³/mol. The number of hydrogen-bond acceptors (Lipinski definition) is 5. The Labute approximate surface area is 207 Å².